The SMILES string of the molecule is COC(=O)c1ccc(CN2C(=O)N/C(=C\c3ccc(N(C)C)cc3O[C@@H](C)C(=O)OC)C2=O)o1. The molecular formula is C23H25N3O8. The maximum atomic E-state index is 12.9. The quantitative estimate of drug-likeness (QED) is 0.350. The highest BCUT2D eigenvalue weighted by Crippen LogP contribution is 2.29. The smallest absolute Gasteiger partial charge is 0.373 e. The van der Waals surface area contributed by atoms with Gasteiger partial charge in [0.2, 0.25) is 5.76 Å². The molecule has 0 spiro atoms. The fourth-order valence-electron chi connectivity index (χ4n) is 3.13. The first-order valence-electron chi connectivity index (χ1n) is 10.2. The predicted octanol–water partition coefficient (Wildman–Crippen LogP) is 2.17. The minimum atomic E-state index is -0.895. The van der Waals surface area contributed by atoms with Crippen molar-refractivity contribution in [1.29, 1.82) is 0 Å². The van der Waals surface area contributed by atoms with E-state index in [9.17, 15) is 19.2 Å². The van der Waals surface area contributed by atoms with Crippen LogP contribution in [0.4, 0.5) is 10.5 Å². The van der Waals surface area contributed by atoms with E-state index in [1.54, 1.807) is 25.1 Å². The van der Waals surface area contributed by atoms with E-state index < -0.39 is 30.0 Å². The number of nitrogens with zero attached hydrogens (tertiary/aromatic N) is 2. The molecule has 11 nitrogen and oxygen atoms in total. The number of hydrogen-bond donors (Lipinski definition) is 1. The summed E-state index contributed by atoms with van der Waals surface area (Å²) in [6.45, 7) is 1.36. The predicted molar refractivity (Wildman–Crippen MR) is 120 cm³/mol. The van der Waals surface area contributed by atoms with Crippen molar-refractivity contribution in [2.45, 2.75) is 19.6 Å². The van der Waals surface area contributed by atoms with E-state index in [0.717, 1.165) is 10.6 Å². The Balaban J connectivity index is 1.86. The van der Waals surface area contributed by atoms with Crippen LogP contribution in [0.1, 0.15) is 28.8 Å². The van der Waals surface area contributed by atoms with Gasteiger partial charge in [-0.25, -0.2) is 14.4 Å². The summed E-state index contributed by atoms with van der Waals surface area (Å²) < 4.78 is 20.4. The van der Waals surface area contributed by atoms with E-state index in [1.165, 1.54) is 32.4 Å². The number of amides is 3. The first kappa shape index (κ1) is 24.4. The molecule has 1 fully saturated rings. The number of benzene rings is 1. The molecule has 3 amide bonds. The Morgan fingerprint density at radius 2 is 1.88 bits per heavy atom. The number of nitrogens with one attached hydrogen (secondary N) is 1. The van der Waals surface area contributed by atoms with Gasteiger partial charge in [0.15, 0.2) is 6.10 Å². The molecule has 34 heavy (non-hydrogen) atoms. The zero-order chi connectivity index (χ0) is 25.0. The van der Waals surface area contributed by atoms with Gasteiger partial charge >= 0.3 is 18.0 Å². The van der Waals surface area contributed by atoms with Crippen LogP contribution in [0.2, 0.25) is 0 Å². The third-order valence-electron chi connectivity index (χ3n) is 4.97. The molecule has 1 saturated heterocycles. The summed E-state index contributed by atoms with van der Waals surface area (Å²) in [5.74, 6) is -1.30. The normalized spacial score (nSPS) is 15.2. The average Bonchev–Trinajstić information content (AvgIpc) is 3.39. The molecule has 1 aliphatic rings. The highest BCUT2D eigenvalue weighted by atomic mass is 16.6. The third-order valence-corrected chi connectivity index (χ3v) is 4.97. The summed E-state index contributed by atoms with van der Waals surface area (Å²) in [5, 5.41) is 2.52. The van der Waals surface area contributed by atoms with Crippen LogP contribution in [-0.2, 0) is 25.6 Å². The molecule has 0 bridgehead atoms. The minimum absolute atomic E-state index is 0.0120. The highest BCUT2D eigenvalue weighted by Gasteiger charge is 2.34. The van der Waals surface area contributed by atoms with E-state index in [0.29, 0.717) is 11.3 Å². The van der Waals surface area contributed by atoms with Crippen LogP contribution >= 0.6 is 0 Å². The molecular weight excluding hydrogens is 446 g/mol. The van der Waals surface area contributed by atoms with Gasteiger partial charge in [0.25, 0.3) is 5.91 Å². The fraction of sp³-hybridized carbons (Fsp3) is 0.304. The van der Waals surface area contributed by atoms with Gasteiger partial charge in [-0.1, -0.05) is 0 Å². The lowest BCUT2D eigenvalue weighted by atomic mass is 10.1. The van der Waals surface area contributed by atoms with Gasteiger partial charge in [0.05, 0.1) is 20.8 Å². The van der Waals surface area contributed by atoms with Gasteiger partial charge in [-0.3, -0.25) is 9.69 Å². The molecule has 0 aliphatic carbocycles. The summed E-state index contributed by atoms with van der Waals surface area (Å²) in [6, 6.07) is 7.45. The molecule has 2 aromatic rings. The van der Waals surface area contributed by atoms with Crippen molar-refractivity contribution < 1.29 is 37.8 Å². The molecule has 1 atom stereocenters. The average molecular weight is 471 g/mol. The summed E-state index contributed by atoms with van der Waals surface area (Å²) >= 11 is 0. The number of furan rings is 1. The Labute approximate surface area is 195 Å². The summed E-state index contributed by atoms with van der Waals surface area (Å²) in [6.07, 6.45) is 0.564. The molecule has 180 valence electrons. The second-order valence-electron chi connectivity index (χ2n) is 7.54. The highest BCUT2D eigenvalue weighted by molar-refractivity contribution is 6.14. The van der Waals surface area contributed by atoms with Crippen molar-refractivity contribution in [2.75, 3.05) is 33.2 Å². The van der Waals surface area contributed by atoms with Crippen LogP contribution in [-0.4, -0.2) is 63.2 Å². The van der Waals surface area contributed by atoms with Crippen molar-refractivity contribution in [3.63, 3.8) is 0 Å². The van der Waals surface area contributed by atoms with Gasteiger partial charge < -0.3 is 28.8 Å². The summed E-state index contributed by atoms with van der Waals surface area (Å²) in [7, 11) is 6.17. The van der Waals surface area contributed by atoms with Gasteiger partial charge in [0, 0.05) is 31.4 Å². The second-order valence-corrected chi connectivity index (χ2v) is 7.54. The number of esters is 2. The van der Waals surface area contributed by atoms with Crippen molar-refractivity contribution in [2.24, 2.45) is 0 Å². The van der Waals surface area contributed by atoms with Gasteiger partial charge in [-0.05, 0) is 37.3 Å². The van der Waals surface area contributed by atoms with Crippen LogP contribution in [0.3, 0.4) is 0 Å². The van der Waals surface area contributed by atoms with Crippen LogP contribution in [0.15, 0.2) is 40.4 Å². The van der Waals surface area contributed by atoms with Crippen LogP contribution in [0, 0.1) is 0 Å². The Bertz CT molecular complexity index is 1150. The van der Waals surface area contributed by atoms with Gasteiger partial charge in [-0.2, -0.15) is 0 Å². The number of carbonyl (C=O) groups is 4. The molecule has 1 N–H and O–H groups in total. The Morgan fingerprint density at radius 1 is 1.15 bits per heavy atom. The number of imide groups is 1. The van der Waals surface area contributed by atoms with Gasteiger partial charge in [0.1, 0.15) is 17.2 Å². The molecule has 0 unspecified atom stereocenters. The molecule has 3 rings (SSSR count). The first-order valence-corrected chi connectivity index (χ1v) is 10.2. The number of urea groups is 1. The Morgan fingerprint density at radius 3 is 2.53 bits per heavy atom. The minimum Gasteiger partial charge on any atom is -0.478 e. The molecule has 11 heteroatoms. The van der Waals surface area contributed by atoms with E-state index in [1.807, 2.05) is 19.0 Å². The number of ether oxygens (including phenoxy) is 3. The summed E-state index contributed by atoms with van der Waals surface area (Å²) in [5.41, 5.74) is 1.28. The van der Waals surface area contributed by atoms with E-state index in [4.69, 9.17) is 13.9 Å². The lowest BCUT2D eigenvalue weighted by Crippen LogP contribution is -2.30. The summed E-state index contributed by atoms with van der Waals surface area (Å²) in [4.78, 5) is 51.5. The monoisotopic (exact) mass is 471 g/mol. The van der Waals surface area contributed by atoms with E-state index in [2.05, 4.69) is 10.1 Å². The molecule has 1 aromatic heterocycles. The maximum absolute atomic E-state index is 12.9. The van der Waals surface area contributed by atoms with Crippen molar-refractivity contribution >= 4 is 35.6 Å². The standard InChI is InChI=1S/C23H25N3O8/c1-13(21(28)31-4)33-19-11-15(25(2)3)7-6-14(19)10-17-20(27)26(23(30)24-17)12-16-8-9-18(34-16)22(29)32-5/h6-11,13H,12H2,1-5H3,(H,24,30)/b17-10-/t13-/m0/s1. The number of anilines is 1. The zero-order valence-electron chi connectivity index (χ0n) is 19.4. The van der Waals surface area contributed by atoms with Crippen LogP contribution in [0.5, 0.6) is 5.75 Å². The number of carbonyl (C=O) groups excluding carboxylic acids is 4. The lowest BCUT2D eigenvalue weighted by molar-refractivity contribution is -0.147. The van der Waals surface area contributed by atoms with Crippen LogP contribution < -0.4 is 15.0 Å². The molecule has 2 heterocycles. The topological polar surface area (TPSA) is 128 Å². The molecule has 0 radical (unpaired) electrons. The van der Waals surface area contributed by atoms with Crippen molar-refractivity contribution in [1.82, 2.24) is 10.2 Å². The zero-order valence-corrected chi connectivity index (χ0v) is 19.4. The maximum Gasteiger partial charge on any atom is 0.373 e. The molecule has 1 aromatic carbocycles. The Kier molecular flexibility index (Phi) is 7.24. The first-order chi connectivity index (χ1) is 16.1. The Hall–Kier alpha value is -4.28. The van der Waals surface area contributed by atoms with Crippen molar-refractivity contribution in [3.8, 4) is 5.75 Å². The van der Waals surface area contributed by atoms with Crippen LogP contribution in [0.25, 0.3) is 6.08 Å². The van der Waals surface area contributed by atoms with E-state index >= 15 is 0 Å². The van der Waals surface area contributed by atoms with Gasteiger partial charge in [-0.15, -0.1) is 0 Å². The largest absolute Gasteiger partial charge is 0.478 e. The molecule has 0 saturated carbocycles. The molecule has 1 aliphatic heterocycles. The number of methoxy groups -OCH3 is 2. The number of hydrogen-bond acceptors (Lipinski definition) is 9. The third kappa shape index (κ3) is 5.20. The fourth-order valence-corrected chi connectivity index (χ4v) is 3.13. The van der Waals surface area contributed by atoms with Crippen molar-refractivity contribution in [3.05, 3.63) is 53.1 Å². The van der Waals surface area contributed by atoms with E-state index in [-0.39, 0.29) is 23.8 Å². The second kappa shape index (κ2) is 10.1. The lowest BCUT2D eigenvalue weighted by Gasteiger charge is -2.18. The number of rotatable bonds is 8.